The number of halogens is 9. The molecule has 47 heavy (non-hydrogen) atoms. The molecular weight excluding hydrogens is 681 g/mol. The van der Waals surface area contributed by atoms with Gasteiger partial charge in [0.05, 0.1) is 0 Å². The monoisotopic (exact) mass is 707 g/mol. The second-order valence-corrected chi connectivity index (χ2v) is 10.5. The van der Waals surface area contributed by atoms with E-state index in [1.807, 2.05) is 11.3 Å². The number of carbonyl (C=O) groups excluding carboxylic acids is 1. The Morgan fingerprint density at radius 2 is 0.957 bits per heavy atom. The van der Waals surface area contributed by atoms with E-state index < -0.39 is 36.4 Å². The van der Waals surface area contributed by atoms with Gasteiger partial charge in [-0.1, -0.05) is 0 Å². The molecule has 2 fully saturated rings. The Hall–Kier alpha value is -4.24. The highest BCUT2D eigenvalue weighted by Gasteiger charge is 2.39. The van der Waals surface area contributed by atoms with Crippen LogP contribution in [-0.4, -0.2) is 104 Å². The summed E-state index contributed by atoms with van der Waals surface area (Å²) in [6.45, 7) is 8.54. The molecule has 0 atom stereocenters. The third-order valence-electron chi connectivity index (χ3n) is 6.03. The van der Waals surface area contributed by atoms with Crippen LogP contribution in [-0.2, 0) is 14.4 Å². The molecule has 21 heteroatoms. The minimum absolute atomic E-state index is 1.06. The van der Waals surface area contributed by atoms with E-state index in [1.54, 1.807) is 0 Å². The number of alkyl halides is 9. The summed E-state index contributed by atoms with van der Waals surface area (Å²) in [5.41, 5.74) is 4.82. The average Bonchev–Trinajstić information content (AvgIpc) is 3.00. The Morgan fingerprint density at radius 3 is 1.21 bits per heavy atom. The number of aromatic nitrogens is 1. The SMILES string of the molecule is O=C(O)C(F)(F)F.O=C(O)C(F)(F)F.O=C([O-])C(F)(F)F.c1cc2nc3ccc(N4CCNCC4)cc3[s+]c2cc1N1CCNCC1. The number of anilines is 2. The lowest BCUT2D eigenvalue weighted by atomic mass is 10.2. The van der Waals surface area contributed by atoms with Crippen molar-refractivity contribution in [2.75, 3.05) is 62.2 Å². The molecule has 2 aliphatic heterocycles. The van der Waals surface area contributed by atoms with Gasteiger partial charge in [-0.2, -0.15) is 39.5 Å². The summed E-state index contributed by atoms with van der Waals surface area (Å²) in [6.07, 6.45) is -15.4. The Morgan fingerprint density at radius 1 is 0.660 bits per heavy atom. The molecular formula is C26H26F9N5O6S. The van der Waals surface area contributed by atoms with E-state index in [9.17, 15) is 39.5 Å². The average molecular weight is 708 g/mol. The number of nitrogens with zero attached hydrogens (tertiary/aromatic N) is 3. The van der Waals surface area contributed by atoms with Crippen molar-refractivity contribution in [3.05, 3.63) is 36.4 Å². The summed E-state index contributed by atoms with van der Waals surface area (Å²) < 4.78 is 97.6. The molecule has 5 rings (SSSR count). The molecule has 2 saturated heterocycles. The summed E-state index contributed by atoms with van der Waals surface area (Å²) in [5.74, 6) is -8.52. The second-order valence-electron chi connectivity index (χ2n) is 9.38. The molecule has 0 saturated carbocycles. The lowest BCUT2D eigenvalue weighted by molar-refractivity contribution is -0.344. The highest BCUT2D eigenvalue weighted by atomic mass is 32.1. The van der Waals surface area contributed by atoms with E-state index >= 15 is 0 Å². The van der Waals surface area contributed by atoms with Crippen LogP contribution in [0.1, 0.15) is 0 Å². The summed E-state index contributed by atoms with van der Waals surface area (Å²) in [5, 5.41) is 29.9. The molecule has 0 unspecified atom stereocenters. The van der Waals surface area contributed by atoms with Crippen LogP contribution in [0.25, 0.3) is 20.4 Å². The third kappa shape index (κ3) is 12.8. The third-order valence-corrected chi connectivity index (χ3v) is 7.12. The van der Waals surface area contributed by atoms with Gasteiger partial charge in [0.15, 0.2) is 0 Å². The molecule has 4 N–H and O–H groups in total. The zero-order valence-corrected chi connectivity index (χ0v) is 24.6. The first-order valence-corrected chi connectivity index (χ1v) is 14.0. The maximum absolute atomic E-state index is 10.6. The number of carbonyl (C=O) groups is 3. The fourth-order valence-corrected chi connectivity index (χ4v) is 4.87. The summed E-state index contributed by atoms with van der Waals surface area (Å²) in [4.78, 5) is 36.4. The van der Waals surface area contributed by atoms with E-state index in [0.717, 1.165) is 63.4 Å². The van der Waals surface area contributed by atoms with Crippen molar-refractivity contribution in [1.82, 2.24) is 15.6 Å². The van der Waals surface area contributed by atoms with E-state index in [1.165, 1.54) is 20.8 Å². The van der Waals surface area contributed by atoms with Crippen LogP contribution in [0.3, 0.4) is 0 Å². The normalized spacial score (nSPS) is 15.3. The maximum atomic E-state index is 10.6. The second kappa shape index (κ2) is 16.5. The molecule has 260 valence electrons. The number of aliphatic carboxylic acids is 3. The number of fused-ring (bicyclic) bond motifs is 2. The van der Waals surface area contributed by atoms with Crippen molar-refractivity contribution in [3.63, 3.8) is 0 Å². The largest absolute Gasteiger partial charge is 0.542 e. The maximum Gasteiger partial charge on any atom is 0.490 e. The Kier molecular flexibility index (Phi) is 13.7. The quantitative estimate of drug-likeness (QED) is 0.176. The number of carboxylic acid groups (broad SMARTS) is 3. The van der Waals surface area contributed by atoms with E-state index in [4.69, 9.17) is 34.7 Å². The van der Waals surface area contributed by atoms with Gasteiger partial charge < -0.3 is 40.5 Å². The molecule has 0 bridgehead atoms. The zero-order chi connectivity index (χ0) is 35.6. The highest BCUT2D eigenvalue weighted by molar-refractivity contribution is 7.24. The van der Waals surface area contributed by atoms with Crippen molar-refractivity contribution in [1.29, 1.82) is 0 Å². The van der Waals surface area contributed by atoms with Crippen LogP contribution in [0, 0.1) is 0 Å². The molecule has 11 nitrogen and oxygen atoms in total. The fourth-order valence-electron chi connectivity index (χ4n) is 3.84. The van der Waals surface area contributed by atoms with E-state index in [2.05, 4.69) is 56.8 Å². The Balaban J connectivity index is 0.000000301. The first kappa shape index (κ1) is 38.9. The van der Waals surface area contributed by atoms with Gasteiger partial charge in [-0.25, -0.2) is 14.6 Å². The standard InChI is InChI=1S/C20H24N5S.3C2HF3O2/c1-3-17-19(13-15(1)24-9-5-21-6-10-24)26-20-14-16(2-4-18(20)23-17)25-11-7-22-8-12-25;3*3-2(4,5)1(6)7/h1-4,13-14,21-22H,5-12H2;3*(H,6,7)/q+1;;;/p-1. The van der Waals surface area contributed by atoms with Crippen LogP contribution in [0.2, 0.25) is 0 Å². The van der Waals surface area contributed by atoms with Crippen molar-refractivity contribution >= 4 is 61.1 Å². The van der Waals surface area contributed by atoms with Gasteiger partial charge in [-0.3, -0.25) is 0 Å². The predicted octanol–water partition coefficient (Wildman–Crippen LogP) is 3.12. The van der Waals surface area contributed by atoms with Crippen LogP contribution >= 0.6 is 11.3 Å². The molecule has 3 heterocycles. The minimum Gasteiger partial charge on any atom is -0.542 e. The summed E-state index contributed by atoms with van der Waals surface area (Å²) in [7, 11) is 0. The Labute approximate surface area is 263 Å². The number of benzene rings is 2. The summed E-state index contributed by atoms with van der Waals surface area (Å²) >= 11 is 1.86. The molecule has 0 spiro atoms. The lowest BCUT2D eigenvalue weighted by Crippen LogP contribution is -2.43. The number of carboxylic acids is 3. The molecule has 3 aromatic rings. The van der Waals surface area contributed by atoms with Crippen LogP contribution in [0.4, 0.5) is 50.9 Å². The topological polar surface area (TPSA) is 158 Å². The van der Waals surface area contributed by atoms with E-state index in [-0.39, 0.29) is 0 Å². The smallest absolute Gasteiger partial charge is 0.490 e. The predicted molar refractivity (Wildman–Crippen MR) is 150 cm³/mol. The van der Waals surface area contributed by atoms with Gasteiger partial charge in [0.1, 0.15) is 17.0 Å². The van der Waals surface area contributed by atoms with Crippen molar-refractivity contribution in [2.45, 2.75) is 18.5 Å². The highest BCUT2D eigenvalue weighted by Crippen LogP contribution is 2.31. The molecule has 2 aromatic carbocycles. The number of nitrogens with one attached hydrogen (secondary N) is 2. The lowest BCUT2D eigenvalue weighted by Gasteiger charge is -2.29. The number of hydrogen-bond donors (Lipinski definition) is 4. The number of hydrogen-bond acceptors (Lipinski definition) is 9. The zero-order valence-electron chi connectivity index (χ0n) is 23.8. The van der Waals surface area contributed by atoms with Gasteiger partial charge in [-0.05, 0) is 24.3 Å². The first-order valence-electron chi connectivity index (χ1n) is 13.2. The minimum atomic E-state index is -5.19. The summed E-state index contributed by atoms with van der Waals surface area (Å²) in [6, 6.07) is 13.4. The first-order chi connectivity index (χ1) is 21.7. The van der Waals surface area contributed by atoms with Crippen LogP contribution in [0.15, 0.2) is 36.4 Å². The van der Waals surface area contributed by atoms with Crippen molar-refractivity contribution in [3.8, 4) is 0 Å². The van der Waals surface area contributed by atoms with Gasteiger partial charge >= 0.3 is 30.5 Å². The molecule has 0 aliphatic carbocycles. The molecule has 0 amide bonds. The van der Waals surface area contributed by atoms with Gasteiger partial charge in [-0.15, -0.1) is 0 Å². The molecule has 1 aromatic heterocycles. The van der Waals surface area contributed by atoms with E-state index in [0.29, 0.717) is 0 Å². The Bertz CT molecular complexity index is 1400. The van der Waals surface area contributed by atoms with Gasteiger partial charge in [0.2, 0.25) is 11.3 Å². The van der Waals surface area contributed by atoms with Crippen LogP contribution < -0.4 is 25.5 Å². The fraction of sp³-hybridized carbons (Fsp3) is 0.423. The number of piperazine rings is 2. The van der Waals surface area contributed by atoms with Gasteiger partial charge in [0.25, 0.3) is 9.40 Å². The molecule has 2 aliphatic rings. The van der Waals surface area contributed by atoms with Gasteiger partial charge in [0, 0.05) is 75.9 Å². The van der Waals surface area contributed by atoms with Crippen molar-refractivity contribution in [2.24, 2.45) is 0 Å². The number of rotatable bonds is 2. The van der Waals surface area contributed by atoms with Crippen molar-refractivity contribution < 1.29 is 69.2 Å². The molecule has 0 radical (unpaired) electrons. The van der Waals surface area contributed by atoms with Crippen LogP contribution in [0.5, 0.6) is 0 Å².